The quantitative estimate of drug-likeness (QED) is 0.778. The normalized spacial score (nSPS) is 14.9. The van der Waals surface area contributed by atoms with Crippen molar-refractivity contribution in [3.05, 3.63) is 30.1 Å². The third-order valence-corrected chi connectivity index (χ3v) is 2.48. The average molecular weight is 208 g/mol. The lowest BCUT2D eigenvalue weighted by Gasteiger charge is -2.21. The van der Waals surface area contributed by atoms with Crippen molar-refractivity contribution in [3.63, 3.8) is 0 Å². The van der Waals surface area contributed by atoms with Crippen LogP contribution in [0.15, 0.2) is 24.4 Å². The highest BCUT2D eigenvalue weighted by Gasteiger charge is 2.11. The smallest absolute Gasteiger partial charge is 0.0615 e. The summed E-state index contributed by atoms with van der Waals surface area (Å²) in [6.45, 7) is 5.02. The second-order valence-electron chi connectivity index (χ2n) is 3.70. The van der Waals surface area contributed by atoms with E-state index in [2.05, 4.69) is 24.1 Å². The van der Waals surface area contributed by atoms with Gasteiger partial charge in [-0.2, -0.15) is 0 Å². The fourth-order valence-corrected chi connectivity index (χ4v) is 1.56. The van der Waals surface area contributed by atoms with Crippen molar-refractivity contribution >= 4 is 0 Å². The summed E-state index contributed by atoms with van der Waals surface area (Å²) in [6.07, 6.45) is 2.88. The minimum atomic E-state index is 0.270. The fraction of sp³-hybridized carbons (Fsp3) is 0.583. The Morgan fingerprint density at radius 1 is 1.47 bits per heavy atom. The molecule has 15 heavy (non-hydrogen) atoms. The molecule has 0 fully saturated rings. The Balaban J connectivity index is 2.50. The van der Waals surface area contributed by atoms with Crippen LogP contribution in [-0.2, 0) is 4.74 Å². The summed E-state index contributed by atoms with van der Waals surface area (Å²) >= 11 is 0. The molecule has 0 spiro atoms. The molecule has 0 aromatic carbocycles. The molecule has 84 valence electrons. The highest BCUT2D eigenvalue weighted by Crippen LogP contribution is 2.09. The van der Waals surface area contributed by atoms with E-state index in [1.165, 1.54) is 0 Å². The SMILES string of the molecule is CCC(COC)N[C@H](C)c1ccccn1. The van der Waals surface area contributed by atoms with Crippen LogP contribution in [0.1, 0.15) is 32.0 Å². The van der Waals surface area contributed by atoms with Gasteiger partial charge in [0.25, 0.3) is 0 Å². The first-order valence-electron chi connectivity index (χ1n) is 5.43. The van der Waals surface area contributed by atoms with Gasteiger partial charge in [-0.05, 0) is 25.5 Å². The van der Waals surface area contributed by atoms with Gasteiger partial charge in [0.15, 0.2) is 0 Å². The molecular formula is C12H20N2O. The zero-order chi connectivity index (χ0) is 11.1. The van der Waals surface area contributed by atoms with Crippen molar-refractivity contribution in [2.24, 2.45) is 0 Å². The molecule has 0 saturated carbocycles. The molecule has 1 aromatic heterocycles. The summed E-state index contributed by atoms with van der Waals surface area (Å²) < 4.78 is 5.15. The molecule has 3 nitrogen and oxygen atoms in total. The number of nitrogens with one attached hydrogen (secondary N) is 1. The third kappa shape index (κ3) is 3.98. The molecule has 1 aromatic rings. The van der Waals surface area contributed by atoms with E-state index in [1.54, 1.807) is 7.11 Å². The van der Waals surface area contributed by atoms with Crippen LogP contribution in [0.4, 0.5) is 0 Å². The predicted molar refractivity (Wildman–Crippen MR) is 61.7 cm³/mol. The van der Waals surface area contributed by atoms with Gasteiger partial charge in [0.2, 0.25) is 0 Å². The van der Waals surface area contributed by atoms with Crippen molar-refractivity contribution in [2.75, 3.05) is 13.7 Å². The zero-order valence-electron chi connectivity index (χ0n) is 9.73. The number of hydrogen-bond acceptors (Lipinski definition) is 3. The largest absolute Gasteiger partial charge is 0.383 e. The van der Waals surface area contributed by atoms with Crippen molar-refractivity contribution in [1.29, 1.82) is 0 Å². The van der Waals surface area contributed by atoms with Gasteiger partial charge in [0.05, 0.1) is 12.3 Å². The van der Waals surface area contributed by atoms with E-state index in [0.717, 1.165) is 18.7 Å². The third-order valence-electron chi connectivity index (χ3n) is 2.48. The number of nitrogens with zero attached hydrogens (tertiary/aromatic N) is 1. The second kappa shape index (κ2) is 6.53. The van der Waals surface area contributed by atoms with E-state index < -0.39 is 0 Å². The van der Waals surface area contributed by atoms with Crippen LogP contribution in [0.2, 0.25) is 0 Å². The summed E-state index contributed by atoms with van der Waals surface area (Å²) in [7, 11) is 1.73. The van der Waals surface area contributed by atoms with Gasteiger partial charge < -0.3 is 10.1 Å². The number of aromatic nitrogens is 1. The maximum Gasteiger partial charge on any atom is 0.0615 e. The van der Waals surface area contributed by atoms with E-state index in [1.807, 2.05) is 24.4 Å². The van der Waals surface area contributed by atoms with Gasteiger partial charge in [0, 0.05) is 25.4 Å². The molecule has 1 N–H and O–H groups in total. The van der Waals surface area contributed by atoms with E-state index in [0.29, 0.717) is 6.04 Å². The number of rotatable bonds is 6. The minimum Gasteiger partial charge on any atom is -0.383 e. The Hall–Kier alpha value is -0.930. The maximum atomic E-state index is 5.15. The summed E-state index contributed by atoms with van der Waals surface area (Å²) in [5.74, 6) is 0. The standard InChI is InChI=1S/C12H20N2O/c1-4-11(9-15-3)14-10(2)12-7-5-6-8-13-12/h5-8,10-11,14H,4,9H2,1-3H3/t10-,11?/m1/s1. The van der Waals surface area contributed by atoms with Gasteiger partial charge in [0.1, 0.15) is 0 Å². The Bertz CT molecular complexity index is 264. The van der Waals surface area contributed by atoms with Gasteiger partial charge in [-0.1, -0.05) is 13.0 Å². The first-order valence-corrected chi connectivity index (χ1v) is 5.43. The van der Waals surface area contributed by atoms with Crippen molar-refractivity contribution in [3.8, 4) is 0 Å². The number of pyridine rings is 1. The molecule has 0 bridgehead atoms. The summed E-state index contributed by atoms with van der Waals surface area (Å²) in [5, 5.41) is 3.50. The van der Waals surface area contributed by atoms with Crippen LogP contribution < -0.4 is 5.32 Å². The molecule has 0 aliphatic rings. The Labute approximate surface area is 91.9 Å². The fourth-order valence-electron chi connectivity index (χ4n) is 1.56. The zero-order valence-corrected chi connectivity index (χ0v) is 9.73. The molecule has 0 aliphatic heterocycles. The van der Waals surface area contributed by atoms with Gasteiger partial charge in [-0.3, -0.25) is 4.98 Å². The molecule has 1 unspecified atom stereocenters. The highest BCUT2D eigenvalue weighted by atomic mass is 16.5. The molecule has 1 rings (SSSR count). The first-order chi connectivity index (χ1) is 7.27. The predicted octanol–water partition coefficient (Wildman–Crippen LogP) is 2.16. The average Bonchev–Trinajstić information content (AvgIpc) is 2.29. The lowest BCUT2D eigenvalue weighted by molar-refractivity contribution is 0.159. The molecule has 0 amide bonds. The van der Waals surface area contributed by atoms with Gasteiger partial charge >= 0.3 is 0 Å². The molecule has 0 saturated heterocycles. The Morgan fingerprint density at radius 3 is 2.80 bits per heavy atom. The van der Waals surface area contributed by atoms with Crippen molar-refractivity contribution in [1.82, 2.24) is 10.3 Å². The second-order valence-corrected chi connectivity index (χ2v) is 3.70. The van der Waals surface area contributed by atoms with Crippen molar-refractivity contribution in [2.45, 2.75) is 32.4 Å². The van der Waals surface area contributed by atoms with Gasteiger partial charge in [-0.25, -0.2) is 0 Å². The van der Waals surface area contributed by atoms with Crippen LogP contribution in [-0.4, -0.2) is 24.7 Å². The lowest BCUT2D eigenvalue weighted by Crippen LogP contribution is -2.34. The molecular weight excluding hydrogens is 188 g/mol. The van der Waals surface area contributed by atoms with Gasteiger partial charge in [-0.15, -0.1) is 0 Å². The monoisotopic (exact) mass is 208 g/mol. The first kappa shape index (κ1) is 12.1. The van der Waals surface area contributed by atoms with Crippen LogP contribution in [0.25, 0.3) is 0 Å². The van der Waals surface area contributed by atoms with Crippen LogP contribution in [0.3, 0.4) is 0 Å². The van der Waals surface area contributed by atoms with E-state index in [4.69, 9.17) is 4.74 Å². The summed E-state index contributed by atoms with van der Waals surface area (Å²) in [4.78, 5) is 4.32. The van der Waals surface area contributed by atoms with E-state index >= 15 is 0 Å². The topological polar surface area (TPSA) is 34.1 Å². The maximum absolute atomic E-state index is 5.15. The number of ether oxygens (including phenoxy) is 1. The van der Waals surface area contributed by atoms with Crippen LogP contribution in [0, 0.1) is 0 Å². The number of methoxy groups -OCH3 is 1. The Morgan fingerprint density at radius 2 is 2.27 bits per heavy atom. The summed E-state index contributed by atoms with van der Waals surface area (Å²) in [6, 6.07) is 6.65. The molecule has 3 heteroatoms. The van der Waals surface area contributed by atoms with Crippen LogP contribution in [0.5, 0.6) is 0 Å². The molecule has 2 atom stereocenters. The highest BCUT2D eigenvalue weighted by molar-refractivity contribution is 5.07. The molecule has 1 heterocycles. The summed E-state index contributed by atoms with van der Waals surface area (Å²) in [5.41, 5.74) is 1.08. The number of hydrogen-bond donors (Lipinski definition) is 1. The van der Waals surface area contributed by atoms with E-state index in [-0.39, 0.29) is 6.04 Å². The molecule has 0 radical (unpaired) electrons. The van der Waals surface area contributed by atoms with Crippen LogP contribution >= 0.6 is 0 Å². The lowest BCUT2D eigenvalue weighted by atomic mass is 10.1. The van der Waals surface area contributed by atoms with Crippen molar-refractivity contribution < 1.29 is 4.74 Å². The molecule has 0 aliphatic carbocycles. The van der Waals surface area contributed by atoms with E-state index in [9.17, 15) is 0 Å². The minimum absolute atomic E-state index is 0.270. The Kier molecular flexibility index (Phi) is 5.29.